The number of aliphatic hydroxyl groups excluding tert-OH is 1. The first kappa shape index (κ1) is 18.8. The number of anilines is 2. The minimum absolute atomic E-state index is 0.0664. The number of hydrogen-bond donors (Lipinski definition) is 3. The number of amides is 2. The fraction of sp³-hybridized carbons (Fsp3) is 0.222. The number of nitrogens with zero attached hydrogens (tertiary/aromatic N) is 1. The van der Waals surface area contributed by atoms with Crippen LogP contribution in [0.4, 0.5) is 11.4 Å². The Balaban J connectivity index is 1.86. The Hall–Kier alpha value is -2.57. The molecule has 0 aliphatic carbocycles. The van der Waals surface area contributed by atoms with E-state index in [1.54, 1.807) is 30.3 Å². The molecule has 0 saturated heterocycles. The topological polar surface area (TPSA) is 81.7 Å². The summed E-state index contributed by atoms with van der Waals surface area (Å²) < 4.78 is 0. The molecule has 0 fully saturated rings. The number of aliphatic hydroxyl groups is 1. The maximum absolute atomic E-state index is 11.8. The van der Waals surface area contributed by atoms with Crippen molar-refractivity contribution >= 4 is 34.8 Å². The number of nitrogens with one attached hydrogen (secondary N) is 2. The highest BCUT2D eigenvalue weighted by molar-refractivity contribution is 6.39. The molecule has 0 bridgehead atoms. The largest absolute Gasteiger partial charge is 0.387 e. The fourth-order valence-corrected chi connectivity index (χ4v) is 2.33. The normalized spacial score (nSPS) is 11.5. The van der Waals surface area contributed by atoms with Crippen molar-refractivity contribution < 1.29 is 14.7 Å². The molecule has 0 aromatic heterocycles. The van der Waals surface area contributed by atoms with Crippen LogP contribution in [0.5, 0.6) is 0 Å². The summed E-state index contributed by atoms with van der Waals surface area (Å²) in [4.78, 5) is 25.6. The highest BCUT2D eigenvalue weighted by atomic mass is 35.5. The smallest absolute Gasteiger partial charge is 0.313 e. The average molecular weight is 362 g/mol. The molecule has 2 aromatic rings. The van der Waals surface area contributed by atoms with Crippen molar-refractivity contribution in [2.45, 2.75) is 6.10 Å². The third kappa shape index (κ3) is 5.48. The summed E-state index contributed by atoms with van der Waals surface area (Å²) in [7, 11) is 3.84. The predicted molar refractivity (Wildman–Crippen MR) is 98.8 cm³/mol. The van der Waals surface area contributed by atoms with E-state index < -0.39 is 17.9 Å². The van der Waals surface area contributed by atoms with Gasteiger partial charge in [-0.1, -0.05) is 29.8 Å². The van der Waals surface area contributed by atoms with Gasteiger partial charge >= 0.3 is 11.8 Å². The third-order valence-corrected chi connectivity index (χ3v) is 3.77. The third-order valence-electron chi connectivity index (χ3n) is 3.54. The molecule has 3 N–H and O–H groups in total. The summed E-state index contributed by atoms with van der Waals surface area (Å²) in [6.45, 7) is -0.0664. The maximum atomic E-state index is 11.8. The van der Waals surface area contributed by atoms with Gasteiger partial charge in [-0.25, -0.2) is 0 Å². The summed E-state index contributed by atoms with van der Waals surface area (Å²) in [5, 5.41) is 15.4. The van der Waals surface area contributed by atoms with Crippen molar-refractivity contribution in [3.63, 3.8) is 0 Å². The van der Waals surface area contributed by atoms with Crippen molar-refractivity contribution in [2.75, 3.05) is 30.9 Å². The van der Waals surface area contributed by atoms with Crippen LogP contribution in [-0.4, -0.2) is 37.6 Å². The van der Waals surface area contributed by atoms with Gasteiger partial charge in [-0.3, -0.25) is 9.59 Å². The second-order valence-electron chi connectivity index (χ2n) is 5.68. The Morgan fingerprint density at radius 1 is 1.12 bits per heavy atom. The molecule has 6 nitrogen and oxygen atoms in total. The minimum Gasteiger partial charge on any atom is -0.387 e. The van der Waals surface area contributed by atoms with Crippen LogP contribution in [0.25, 0.3) is 0 Å². The van der Waals surface area contributed by atoms with Gasteiger partial charge in [-0.15, -0.1) is 0 Å². The summed E-state index contributed by atoms with van der Waals surface area (Å²) >= 11 is 5.82. The number of halogens is 1. The van der Waals surface area contributed by atoms with Gasteiger partial charge in [-0.2, -0.15) is 0 Å². The van der Waals surface area contributed by atoms with Gasteiger partial charge in [0.1, 0.15) is 0 Å². The Morgan fingerprint density at radius 2 is 1.80 bits per heavy atom. The first-order valence-corrected chi connectivity index (χ1v) is 8.04. The zero-order chi connectivity index (χ0) is 18.4. The van der Waals surface area contributed by atoms with Crippen molar-refractivity contribution in [1.29, 1.82) is 0 Å². The molecule has 0 heterocycles. The van der Waals surface area contributed by atoms with Gasteiger partial charge in [0.25, 0.3) is 0 Å². The van der Waals surface area contributed by atoms with Crippen LogP contribution in [0, 0.1) is 0 Å². The maximum Gasteiger partial charge on any atom is 0.313 e. The van der Waals surface area contributed by atoms with Crippen LogP contribution in [0.15, 0.2) is 48.5 Å². The van der Waals surface area contributed by atoms with Crippen LogP contribution in [0.3, 0.4) is 0 Å². The molecule has 7 heteroatoms. The van der Waals surface area contributed by atoms with E-state index >= 15 is 0 Å². The standard InChI is InChI=1S/C18H20ClN3O3/c1-22(2)15-8-6-12(7-9-15)16(23)11-20-17(24)18(25)21-14-5-3-4-13(19)10-14/h3-10,16,23H,11H2,1-2H3,(H,20,24)(H,21,25). The Bertz CT molecular complexity index is 747. The first-order valence-electron chi connectivity index (χ1n) is 7.67. The molecule has 0 aliphatic heterocycles. The molecule has 25 heavy (non-hydrogen) atoms. The van der Waals surface area contributed by atoms with Crippen LogP contribution < -0.4 is 15.5 Å². The monoisotopic (exact) mass is 361 g/mol. The highest BCUT2D eigenvalue weighted by Gasteiger charge is 2.16. The van der Waals surface area contributed by atoms with E-state index in [4.69, 9.17) is 11.6 Å². The Morgan fingerprint density at radius 3 is 2.40 bits per heavy atom. The molecule has 0 spiro atoms. The molecular formula is C18H20ClN3O3. The second-order valence-corrected chi connectivity index (χ2v) is 6.11. The lowest BCUT2D eigenvalue weighted by atomic mass is 10.1. The number of carbonyl (C=O) groups excluding carboxylic acids is 2. The van der Waals surface area contributed by atoms with Crippen LogP contribution in [0.2, 0.25) is 5.02 Å². The number of hydrogen-bond acceptors (Lipinski definition) is 4. The minimum atomic E-state index is -0.904. The molecule has 1 unspecified atom stereocenters. The summed E-state index contributed by atoms with van der Waals surface area (Å²) in [6.07, 6.45) is -0.904. The van der Waals surface area contributed by atoms with Gasteiger partial charge < -0.3 is 20.6 Å². The van der Waals surface area contributed by atoms with Gasteiger partial charge in [0, 0.05) is 37.0 Å². The number of rotatable bonds is 5. The molecule has 0 aliphatic rings. The molecule has 0 saturated carbocycles. The molecule has 1 atom stereocenters. The number of benzene rings is 2. The van der Waals surface area contributed by atoms with E-state index in [0.29, 0.717) is 16.3 Å². The fourth-order valence-electron chi connectivity index (χ4n) is 2.14. The second kappa shape index (κ2) is 8.50. The summed E-state index contributed by atoms with van der Waals surface area (Å²) in [5.41, 5.74) is 2.08. The van der Waals surface area contributed by atoms with E-state index in [1.807, 2.05) is 31.1 Å². The zero-order valence-corrected chi connectivity index (χ0v) is 14.7. The van der Waals surface area contributed by atoms with Crippen molar-refractivity contribution in [2.24, 2.45) is 0 Å². The van der Waals surface area contributed by atoms with E-state index in [9.17, 15) is 14.7 Å². The van der Waals surface area contributed by atoms with Gasteiger partial charge in [0.05, 0.1) is 6.10 Å². The molecular weight excluding hydrogens is 342 g/mol. The van der Waals surface area contributed by atoms with Crippen LogP contribution >= 0.6 is 11.6 Å². The van der Waals surface area contributed by atoms with Gasteiger partial charge in [-0.05, 0) is 35.9 Å². The van der Waals surface area contributed by atoms with E-state index in [1.165, 1.54) is 6.07 Å². The predicted octanol–water partition coefficient (Wildman–Crippen LogP) is 2.19. The highest BCUT2D eigenvalue weighted by Crippen LogP contribution is 2.17. The lowest BCUT2D eigenvalue weighted by molar-refractivity contribution is -0.136. The summed E-state index contributed by atoms with van der Waals surface area (Å²) in [5.74, 6) is -1.65. The van der Waals surface area contributed by atoms with Gasteiger partial charge in [0.15, 0.2) is 0 Å². The lowest BCUT2D eigenvalue weighted by Crippen LogP contribution is -2.37. The molecule has 2 amide bonds. The Kier molecular flexibility index (Phi) is 6.38. The molecule has 132 valence electrons. The van der Waals surface area contributed by atoms with Crippen molar-refractivity contribution in [3.8, 4) is 0 Å². The summed E-state index contributed by atoms with van der Waals surface area (Å²) in [6, 6.07) is 13.8. The van der Waals surface area contributed by atoms with E-state index in [-0.39, 0.29) is 6.54 Å². The average Bonchev–Trinajstić information content (AvgIpc) is 2.59. The van der Waals surface area contributed by atoms with Crippen molar-refractivity contribution in [1.82, 2.24) is 5.32 Å². The molecule has 2 rings (SSSR count). The SMILES string of the molecule is CN(C)c1ccc(C(O)CNC(=O)C(=O)Nc2cccc(Cl)c2)cc1. The van der Waals surface area contributed by atoms with Crippen molar-refractivity contribution in [3.05, 3.63) is 59.1 Å². The first-order chi connectivity index (χ1) is 11.9. The van der Waals surface area contributed by atoms with Crippen LogP contribution in [-0.2, 0) is 9.59 Å². The molecule has 2 aromatic carbocycles. The number of carbonyl (C=O) groups is 2. The Labute approximate surface area is 151 Å². The zero-order valence-electron chi connectivity index (χ0n) is 14.0. The quantitative estimate of drug-likeness (QED) is 0.713. The molecule has 0 radical (unpaired) electrons. The van der Waals surface area contributed by atoms with E-state index in [2.05, 4.69) is 10.6 Å². The van der Waals surface area contributed by atoms with E-state index in [0.717, 1.165) is 5.69 Å². The lowest BCUT2D eigenvalue weighted by Gasteiger charge is -2.15. The van der Waals surface area contributed by atoms with Crippen LogP contribution in [0.1, 0.15) is 11.7 Å². The van der Waals surface area contributed by atoms with Gasteiger partial charge in [0.2, 0.25) is 0 Å².